The molecule has 0 atom stereocenters. The number of hydrogen-bond acceptors (Lipinski definition) is 6. The first-order valence-corrected chi connectivity index (χ1v) is 10.3. The van der Waals surface area contributed by atoms with Crippen LogP contribution in [0.4, 0.5) is 0 Å². The van der Waals surface area contributed by atoms with E-state index in [1.165, 1.54) is 14.6 Å². The quantitative estimate of drug-likeness (QED) is 0.300. The molecule has 2 aromatic carbocycles. The lowest BCUT2D eigenvalue weighted by Crippen LogP contribution is -2.49. The van der Waals surface area contributed by atoms with Gasteiger partial charge in [-0.2, -0.15) is 0 Å². The number of aldehydes is 1. The second kappa shape index (κ2) is 11.3. The van der Waals surface area contributed by atoms with Crippen LogP contribution in [0, 0.1) is 0 Å². The van der Waals surface area contributed by atoms with E-state index in [0.29, 0.717) is 48.8 Å². The summed E-state index contributed by atoms with van der Waals surface area (Å²) in [5.74, 6) is 0.911. The molecule has 0 aliphatic carbocycles. The number of aliphatic hydroxyl groups is 1. The van der Waals surface area contributed by atoms with Crippen LogP contribution < -0.4 is 14.9 Å². The van der Waals surface area contributed by atoms with Crippen molar-refractivity contribution in [3.8, 4) is 11.5 Å². The molecule has 2 aromatic rings. The van der Waals surface area contributed by atoms with Gasteiger partial charge in [0.2, 0.25) is 0 Å². The van der Waals surface area contributed by atoms with Gasteiger partial charge in [0.1, 0.15) is 6.29 Å². The van der Waals surface area contributed by atoms with E-state index < -0.39 is 11.2 Å². The Morgan fingerprint density at radius 2 is 1.74 bits per heavy atom. The molecule has 0 saturated heterocycles. The van der Waals surface area contributed by atoms with Gasteiger partial charge in [-0.1, -0.05) is 30.3 Å². The summed E-state index contributed by atoms with van der Waals surface area (Å²) in [5, 5.41) is 10.3. The van der Waals surface area contributed by atoms with Gasteiger partial charge in [-0.15, -0.1) is 0 Å². The normalized spacial score (nSPS) is 11.8. The van der Waals surface area contributed by atoms with E-state index in [2.05, 4.69) is 0 Å². The van der Waals surface area contributed by atoms with Crippen molar-refractivity contribution in [2.45, 2.75) is 51.9 Å². The van der Waals surface area contributed by atoms with E-state index >= 15 is 0 Å². The first kappa shape index (κ1) is 24.9. The highest BCUT2D eigenvalue weighted by Gasteiger charge is 2.36. The molecule has 0 heterocycles. The minimum Gasteiger partial charge on any atom is -0.493 e. The third-order valence-corrected chi connectivity index (χ3v) is 5.28. The molecule has 1 N–H and O–H groups in total. The summed E-state index contributed by atoms with van der Waals surface area (Å²) >= 11 is 0. The minimum absolute atomic E-state index is 0.378. The van der Waals surface area contributed by atoms with Gasteiger partial charge in [0.15, 0.2) is 11.5 Å². The van der Waals surface area contributed by atoms with Gasteiger partial charge in [-0.3, -0.25) is 4.79 Å². The van der Waals surface area contributed by atoms with Crippen LogP contribution in [0.15, 0.2) is 42.5 Å². The standard InChI is InChI=1S/C24H32BO6/c1-23(2,27)24(3,4)31-25-21-19(16-26)12-13-20(28-5)22(21)30-15-9-14-29-17-18-10-7-6-8-11-18/h6-8,10-13,16,27H,9,14-15,17H2,1-5H3. The van der Waals surface area contributed by atoms with Crippen LogP contribution in [0.25, 0.3) is 0 Å². The first-order valence-electron chi connectivity index (χ1n) is 10.3. The molecule has 0 unspecified atom stereocenters. The van der Waals surface area contributed by atoms with Crippen molar-refractivity contribution in [1.29, 1.82) is 0 Å². The van der Waals surface area contributed by atoms with Crippen LogP contribution in [-0.4, -0.2) is 50.4 Å². The molecule has 6 nitrogen and oxygen atoms in total. The zero-order valence-electron chi connectivity index (χ0n) is 19.0. The van der Waals surface area contributed by atoms with Crippen molar-refractivity contribution < 1.29 is 28.8 Å². The summed E-state index contributed by atoms with van der Waals surface area (Å²) in [6.07, 6.45) is 1.40. The molecule has 1 radical (unpaired) electrons. The van der Waals surface area contributed by atoms with E-state index in [-0.39, 0.29) is 0 Å². The van der Waals surface area contributed by atoms with E-state index in [9.17, 15) is 9.90 Å². The average Bonchev–Trinajstić information content (AvgIpc) is 2.74. The zero-order chi connectivity index (χ0) is 22.9. The topological polar surface area (TPSA) is 74.2 Å². The maximum absolute atomic E-state index is 11.6. The lowest BCUT2D eigenvalue weighted by Gasteiger charge is -2.37. The fourth-order valence-electron chi connectivity index (χ4n) is 2.58. The highest BCUT2D eigenvalue weighted by Crippen LogP contribution is 2.28. The molecular formula is C24H32BO6. The average molecular weight is 427 g/mol. The highest BCUT2D eigenvalue weighted by molar-refractivity contribution is 6.50. The van der Waals surface area contributed by atoms with Crippen LogP contribution in [0.5, 0.6) is 11.5 Å². The maximum Gasteiger partial charge on any atom is 0.335 e. The Morgan fingerprint density at radius 3 is 2.35 bits per heavy atom. The molecule has 0 fully saturated rings. The number of hydrogen-bond donors (Lipinski definition) is 1. The molecule has 167 valence electrons. The van der Waals surface area contributed by atoms with Crippen LogP contribution in [-0.2, 0) is 16.0 Å². The predicted octanol–water partition coefficient (Wildman–Crippen LogP) is 3.30. The molecule has 7 heteroatoms. The third-order valence-electron chi connectivity index (χ3n) is 5.28. The fourth-order valence-corrected chi connectivity index (χ4v) is 2.58. The second-order valence-electron chi connectivity index (χ2n) is 8.26. The van der Waals surface area contributed by atoms with Crippen molar-refractivity contribution in [1.82, 2.24) is 0 Å². The van der Waals surface area contributed by atoms with Gasteiger partial charge in [0.05, 0.1) is 38.1 Å². The summed E-state index contributed by atoms with van der Waals surface area (Å²) in [6, 6.07) is 13.3. The van der Waals surface area contributed by atoms with Crippen LogP contribution in [0.2, 0.25) is 0 Å². The molecule has 2 rings (SSSR count). The lowest BCUT2D eigenvalue weighted by molar-refractivity contribution is -0.0893. The highest BCUT2D eigenvalue weighted by atomic mass is 16.5. The third kappa shape index (κ3) is 7.09. The number of carbonyl (C=O) groups is 1. The molecule has 0 aliphatic heterocycles. The maximum atomic E-state index is 11.6. The summed E-state index contributed by atoms with van der Waals surface area (Å²) in [4.78, 5) is 11.6. The number of carbonyl (C=O) groups excluding carboxylic acids is 1. The largest absolute Gasteiger partial charge is 0.493 e. The number of ether oxygens (including phenoxy) is 3. The van der Waals surface area contributed by atoms with E-state index in [1.807, 2.05) is 30.3 Å². The van der Waals surface area contributed by atoms with Crippen molar-refractivity contribution >= 4 is 19.2 Å². The summed E-state index contributed by atoms with van der Waals surface area (Å²) < 4.78 is 22.9. The molecule has 0 aromatic heterocycles. The van der Waals surface area contributed by atoms with E-state index in [0.717, 1.165) is 11.8 Å². The molecule has 0 aliphatic rings. The molecular weight excluding hydrogens is 395 g/mol. The summed E-state index contributed by atoms with van der Waals surface area (Å²) in [5.41, 5.74) is 0.00588. The van der Waals surface area contributed by atoms with Crippen LogP contribution in [0.3, 0.4) is 0 Å². The number of methoxy groups -OCH3 is 1. The molecule has 0 spiro atoms. The Balaban J connectivity index is 2.02. The van der Waals surface area contributed by atoms with Gasteiger partial charge in [0, 0.05) is 17.4 Å². The van der Waals surface area contributed by atoms with Gasteiger partial charge < -0.3 is 24.0 Å². The van der Waals surface area contributed by atoms with E-state index in [4.69, 9.17) is 18.9 Å². The van der Waals surface area contributed by atoms with Gasteiger partial charge in [-0.25, -0.2) is 0 Å². The van der Waals surface area contributed by atoms with Gasteiger partial charge >= 0.3 is 7.48 Å². The Bertz CT molecular complexity index is 830. The second-order valence-corrected chi connectivity index (χ2v) is 8.26. The number of benzene rings is 2. The Morgan fingerprint density at radius 1 is 1.03 bits per heavy atom. The molecule has 0 bridgehead atoms. The SMILES string of the molecule is COc1ccc(C=O)c([B]OC(C)(C)C(C)(C)O)c1OCCCOCc1ccccc1. The molecule has 0 saturated carbocycles. The first-order chi connectivity index (χ1) is 14.7. The van der Waals surface area contributed by atoms with Gasteiger partial charge in [0.25, 0.3) is 0 Å². The Kier molecular flexibility index (Phi) is 9.10. The molecule has 31 heavy (non-hydrogen) atoms. The smallest absolute Gasteiger partial charge is 0.335 e. The van der Waals surface area contributed by atoms with Crippen LogP contribution in [0.1, 0.15) is 50.0 Å². The summed E-state index contributed by atoms with van der Waals surface area (Å²) in [6.45, 7) is 8.34. The lowest BCUT2D eigenvalue weighted by atomic mass is 9.79. The Labute approximate surface area is 185 Å². The van der Waals surface area contributed by atoms with Crippen molar-refractivity contribution in [2.24, 2.45) is 0 Å². The summed E-state index contributed by atoms with van der Waals surface area (Å²) in [7, 11) is 2.99. The van der Waals surface area contributed by atoms with Crippen molar-refractivity contribution in [2.75, 3.05) is 20.3 Å². The number of rotatable bonds is 13. The van der Waals surface area contributed by atoms with Crippen molar-refractivity contribution in [3.05, 3.63) is 53.6 Å². The van der Waals surface area contributed by atoms with Gasteiger partial charge in [-0.05, 0) is 45.4 Å². The molecule has 0 amide bonds. The van der Waals surface area contributed by atoms with E-state index in [1.54, 1.807) is 39.8 Å². The van der Waals surface area contributed by atoms with Crippen LogP contribution >= 0.6 is 0 Å². The zero-order valence-corrected chi connectivity index (χ0v) is 19.0. The monoisotopic (exact) mass is 427 g/mol. The fraction of sp³-hybridized carbons (Fsp3) is 0.458. The Hall–Kier alpha value is -2.35. The van der Waals surface area contributed by atoms with Crippen molar-refractivity contribution in [3.63, 3.8) is 0 Å². The predicted molar refractivity (Wildman–Crippen MR) is 121 cm³/mol. The minimum atomic E-state index is -1.10.